The molecule has 0 atom stereocenters. The minimum absolute atomic E-state index is 0.0122. The van der Waals surface area contributed by atoms with Crippen LogP contribution in [0.1, 0.15) is 18.3 Å². The van der Waals surface area contributed by atoms with Crippen LogP contribution in [0.5, 0.6) is 0 Å². The lowest BCUT2D eigenvalue weighted by Crippen LogP contribution is -2.36. The summed E-state index contributed by atoms with van der Waals surface area (Å²) in [5.74, 6) is 0.349. The number of nitrogens with zero attached hydrogens (tertiary/aromatic N) is 3. The highest BCUT2D eigenvalue weighted by Crippen LogP contribution is 2.16. The average molecular weight is 247 g/mol. The molecule has 18 heavy (non-hydrogen) atoms. The van der Waals surface area contributed by atoms with E-state index in [1.54, 1.807) is 31.3 Å². The van der Waals surface area contributed by atoms with Crippen LogP contribution in [-0.4, -0.2) is 40.2 Å². The standard InChI is InChI=1S/C12H17N5O/c1-8(5-11(13)14-2)12(18)17-4-3-9-10(6-17)16-7-15-9/h5,7H,3-4,6H2,1-2H3,(H2,13,14)(H,15,16)/b8-5+. The van der Waals surface area contributed by atoms with Crippen molar-refractivity contribution >= 4 is 11.7 Å². The third-order valence-electron chi connectivity index (χ3n) is 3.02. The minimum Gasteiger partial charge on any atom is -0.384 e. The van der Waals surface area contributed by atoms with Crippen LogP contribution in [0.3, 0.4) is 0 Å². The molecule has 0 bridgehead atoms. The van der Waals surface area contributed by atoms with Crippen LogP contribution in [0, 0.1) is 0 Å². The SMILES string of the molecule is CN=C(N)/C=C(\C)C(=O)N1CCc2nc[nH]c2C1. The number of imidazole rings is 1. The molecule has 0 fully saturated rings. The molecule has 0 radical (unpaired) electrons. The quantitative estimate of drug-likeness (QED) is 0.445. The normalized spacial score (nSPS) is 16.7. The molecule has 0 saturated heterocycles. The fourth-order valence-corrected chi connectivity index (χ4v) is 1.98. The average Bonchev–Trinajstić information content (AvgIpc) is 2.84. The highest BCUT2D eigenvalue weighted by molar-refractivity contribution is 6.02. The van der Waals surface area contributed by atoms with Gasteiger partial charge >= 0.3 is 0 Å². The molecule has 3 N–H and O–H groups in total. The fraction of sp³-hybridized carbons (Fsp3) is 0.417. The molecular weight excluding hydrogens is 230 g/mol. The van der Waals surface area contributed by atoms with Crippen LogP contribution in [0.4, 0.5) is 0 Å². The van der Waals surface area contributed by atoms with Crippen LogP contribution in [0.15, 0.2) is 23.0 Å². The Bertz CT molecular complexity index is 514. The second-order valence-corrected chi connectivity index (χ2v) is 4.28. The zero-order valence-corrected chi connectivity index (χ0v) is 10.6. The molecule has 6 nitrogen and oxygen atoms in total. The maximum Gasteiger partial charge on any atom is 0.249 e. The third-order valence-corrected chi connectivity index (χ3v) is 3.02. The van der Waals surface area contributed by atoms with Gasteiger partial charge in [-0.1, -0.05) is 0 Å². The first-order valence-electron chi connectivity index (χ1n) is 5.82. The molecule has 2 rings (SSSR count). The molecule has 0 aromatic carbocycles. The lowest BCUT2D eigenvalue weighted by molar-refractivity contribution is -0.128. The number of hydrogen-bond donors (Lipinski definition) is 2. The number of nitrogens with one attached hydrogen (secondary N) is 1. The Labute approximate surface area is 106 Å². The van der Waals surface area contributed by atoms with Crippen LogP contribution in [0.2, 0.25) is 0 Å². The van der Waals surface area contributed by atoms with Gasteiger partial charge in [-0.05, 0) is 13.0 Å². The summed E-state index contributed by atoms with van der Waals surface area (Å²) in [4.78, 5) is 25.1. The van der Waals surface area contributed by atoms with Gasteiger partial charge in [0.2, 0.25) is 5.91 Å². The van der Waals surface area contributed by atoms with E-state index in [-0.39, 0.29) is 5.91 Å². The molecule has 0 saturated carbocycles. The van der Waals surface area contributed by atoms with Crippen LogP contribution >= 0.6 is 0 Å². The van der Waals surface area contributed by atoms with Gasteiger partial charge < -0.3 is 15.6 Å². The topological polar surface area (TPSA) is 87.4 Å². The van der Waals surface area contributed by atoms with Crippen molar-refractivity contribution < 1.29 is 4.79 Å². The number of aliphatic imine (C=N–C) groups is 1. The van der Waals surface area contributed by atoms with E-state index < -0.39 is 0 Å². The number of nitrogens with two attached hydrogens (primary N) is 1. The van der Waals surface area contributed by atoms with Gasteiger partial charge in [0.05, 0.1) is 24.3 Å². The number of fused-ring (bicyclic) bond motifs is 1. The molecule has 1 amide bonds. The number of aromatic amines is 1. The molecule has 0 aliphatic carbocycles. The largest absolute Gasteiger partial charge is 0.384 e. The van der Waals surface area contributed by atoms with E-state index in [0.29, 0.717) is 24.5 Å². The molecule has 1 aliphatic rings. The summed E-state index contributed by atoms with van der Waals surface area (Å²) in [6.07, 6.45) is 4.06. The van der Waals surface area contributed by atoms with E-state index in [1.165, 1.54) is 0 Å². The summed E-state index contributed by atoms with van der Waals surface area (Å²) in [6, 6.07) is 0. The van der Waals surface area contributed by atoms with E-state index >= 15 is 0 Å². The number of H-pyrrole nitrogens is 1. The molecule has 96 valence electrons. The zero-order chi connectivity index (χ0) is 13.1. The molecule has 0 unspecified atom stereocenters. The first-order chi connectivity index (χ1) is 8.61. The van der Waals surface area contributed by atoms with E-state index in [2.05, 4.69) is 15.0 Å². The summed E-state index contributed by atoms with van der Waals surface area (Å²) >= 11 is 0. The lowest BCUT2D eigenvalue weighted by atomic mass is 10.1. The van der Waals surface area contributed by atoms with E-state index in [0.717, 1.165) is 17.8 Å². The molecule has 6 heteroatoms. The van der Waals surface area contributed by atoms with Crippen molar-refractivity contribution in [1.29, 1.82) is 0 Å². The first kappa shape index (κ1) is 12.3. The van der Waals surface area contributed by atoms with Gasteiger partial charge in [-0.15, -0.1) is 0 Å². The van der Waals surface area contributed by atoms with Crippen molar-refractivity contribution in [2.75, 3.05) is 13.6 Å². The molecule has 1 aliphatic heterocycles. The fourth-order valence-electron chi connectivity index (χ4n) is 1.98. The summed E-state index contributed by atoms with van der Waals surface area (Å²) in [5, 5.41) is 0. The van der Waals surface area contributed by atoms with E-state index in [4.69, 9.17) is 5.73 Å². The van der Waals surface area contributed by atoms with E-state index in [9.17, 15) is 4.79 Å². The Hall–Kier alpha value is -2.11. The highest BCUT2D eigenvalue weighted by Gasteiger charge is 2.22. The van der Waals surface area contributed by atoms with Crippen molar-refractivity contribution in [1.82, 2.24) is 14.9 Å². The summed E-state index contributed by atoms with van der Waals surface area (Å²) in [7, 11) is 1.60. The maximum absolute atomic E-state index is 12.2. The second kappa shape index (κ2) is 5.03. The van der Waals surface area contributed by atoms with Gasteiger partial charge in [-0.3, -0.25) is 9.79 Å². The number of amides is 1. The number of aromatic nitrogens is 2. The lowest BCUT2D eigenvalue weighted by Gasteiger charge is -2.26. The van der Waals surface area contributed by atoms with Gasteiger partial charge in [0.1, 0.15) is 5.84 Å². The number of hydrogen-bond acceptors (Lipinski definition) is 3. The van der Waals surface area contributed by atoms with Crippen LogP contribution in [-0.2, 0) is 17.8 Å². The molecule has 1 aromatic rings. The minimum atomic E-state index is -0.0122. The van der Waals surface area contributed by atoms with Gasteiger partial charge in [0.25, 0.3) is 0 Å². The summed E-state index contributed by atoms with van der Waals surface area (Å²) in [5.41, 5.74) is 8.25. The smallest absolute Gasteiger partial charge is 0.249 e. The predicted octanol–water partition coefficient (Wildman–Crippen LogP) is 0.228. The number of carbonyl (C=O) groups is 1. The maximum atomic E-state index is 12.2. The number of amidine groups is 1. The van der Waals surface area contributed by atoms with Crippen molar-refractivity contribution in [3.8, 4) is 0 Å². The molecule has 1 aromatic heterocycles. The Kier molecular flexibility index (Phi) is 3.45. The van der Waals surface area contributed by atoms with Crippen LogP contribution in [0.25, 0.3) is 0 Å². The number of carbonyl (C=O) groups excluding carboxylic acids is 1. The molecule has 0 spiro atoms. The van der Waals surface area contributed by atoms with Gasteiger partial charge in [-0.25, -0.2) is 4.98 Å². The van der Waals surface area contributed by atoms with Crippen molar-refractivity contribution in [3.05, 3.63) is 29.4 Å². The van der Waals surface area contributed by atoms with Gasteiger partial charge in [-0.2, -0.15) is 0 Å². The Balaban J connectivity index is 2.10. The van der Waals surface area contributed by atoms with Gasteiger partial charge in [0, 0.05) is 25.6 Å². The zero-order valence-electron chi connectivity index (χ0n) is 10.6. The third kappa shape index (κ3) is 2.42. The Morgan fingerprint density at radius 3 is 3.17 bits per heavy atom. The Morgan fingerprint density at radius 1 is 1.67 bits per heavy atom. The first-order valence-corrected chi connectivity index (χ1v) is 5.82. The van der Waals surface area contributed by atoms with Crippen molar-refractivity contribution in [2.45, 2.75) is 19.9 Å². The summed E-state index contributed by atoms with van der Waals surface area (Å²) in [6.45, 7) is 3.01. The molecular formula is C12H17N5O. The summed E-state index contributed by atoms with van der Waals surface area (Å²) < 4.78 is 0. The van der Waals surface area contributed by atoms with E-state index in [1.807, 2.05) is 0 Å². The van der Waals surface area contributed by atoms with Crippen molar-refractivity contribution in [3.63, 3.8) is 0 Å². The highest BCUT2D eigenvalue weighted by atomic mass is 16.2. The molecule has 2 heterocycles. The van der Waals surface area contributed by atoms with Crippen LogP contribution < -0.4 is 5.73 Å². The van der Waals surface area contributed by atoms with Crippen molar-refractivity contribution in [2.24, 2.45) is 10.7 Å². The number of rotatable bonds is 2. The second-order valence-electron chi connectivity index (χ2n) is 4.28. The monoisotopic (exact) mass is 247 g/mol. The Morgan fingerprint density at radius 2 is 2.44 bits per heavy atom. The predicted molar refractivity (Wildman–Crippen MR) is 69.0 cm³/mol. The van der Waals surface area contributed by atoms with Gasteiger partial charge in [0.15, 0.2) is 0 Å².